The highest BCUT2D eigenvalue weighted by molar-refractivity contribution is 9.26. The summed E-state index contributed by atoms with van der Waals surface area (Å²) in [4.78, 5) is 0. The number of thioether (sulfide) groups is 2. The van der Waals surface area contributed by atoms with Gasteiger partial charge in [0.05, 0.1) is 4.58 Å². The summed E-state index contributed by atoms with van der Waals surface area (Å²) in [5.74, 6) is 2.07. The molecule has 0 nitrogen and oxygen atoms in total. The molecular weight excluding hydrogens is 337 g/mol. The van der Waals surface area contributed by atoms with Crippen LogP contribution < -0.4 is 0 Å². The lowest BCUT2D eigenvalue weighted by molar-refractivity contribution is 1.39. The molecule has 0 aliphatic carbocycles. The summed E-state index contributed by atoms with van der Waals surface area (Å²) in [7, 11) is 7.37. The third-order valence-electron chi connectivity index (χ3n) is 1.76. The highest BCUT2D eigenvalue weighted by atomic mass is 33.7. The molecule has 0 N–H and O–H groups in total. The van der Waals surface area contributed by atoms with Gasteiger partial charge in [0, 0.05) is 16.8 Å². The van der Waals surface area contributed by atoms with Crippen LogP contribution in [0.5, 0.6) is 0 Å². The van der Waals surface area contributed by atoms with E-state index >= 15 is 0 Å². The Morgan fingerprint density at radius 2 is 1.94 bits per heavy atom. The zero-order valence-corrected chi connectivity index (χ0v) is 14.8. The number of rotatable bonds is 9. The summed E-state index contributed by atoms with van der Waals surface area (Å²) < 4.78 is 0.498. The van der Waals surface area contributed by atoms with Crippen LogP contribution in [-0.4, -0.2) is 21.3 Å². The first kappa shape index (κ1) is 17.1. The summed E-state index contributed by atoms with van der Waals surface area (Å²) >= 11 is 3.77. The van der Waals surface area contributed by atoms with Crippen LogP contribution in [0, 0.1) is 0 Å². The SMILES string of the molecule is C=CCSSSSC/C=C/C1C=CSC(C=C)S1. The Morgan fingerprint density at radius 1 is 1.17 bits per heavy atom. The molecular formula is C12H16S6. The number of hydrogen-bond acceptors (Lipinski definition) is 6. The van der Waals surface area contributed by atoms with Crippen LogP contribution in [0.25, 0.3) is 0 Å². The van der Waals surface area contributed by atoms with Gasteiger partial charge in [-0.3, -0.25) is 0 Å². The highest BCUT2D eigenvalue weighted by Gasteiger charge is 2.13. The normalized spacial score (nSPS) is 23.3. The summed E-state index contributed by atoms with van der Waals surface area (Å²) in [5.41, 5.74) is 0. The zero-order valence-electron chi connectivity index (χ0n) is 9.90. The van der Waals surface area contributed by atoms with Crippen LogP contribution in [-0.2, 0) is 0 Å². The summed E-state index contributed by atoms with van der Waals surface area (Å²) in [6, 6.07) is 0. The van der Waals surface area contributed by atoms with Gasteiger partial charge in [-0.1, -0.05) is 52.0 Å². The van der Waals surface area contributed by atoms with E-state index in [9.17, 15) is 0 Å². The quantitative estimate of drug-likeness (QED) is 0.270. The molecule has 2 atom stereocenters. The Morgan fingerprint density at radius 3 is 2.67 bits per heavy atom. The van der Waals surface area contributed by atoms with Crippen molar-refractivity contribution in [3.8, 4) is 0 Å². The van der Waals surface area contributed by atoms with Gasteiger partial charge in [-0.25, -0.2) is 0 Å². The van der Waals surface area contributed by atoms with E-state index in [4.69, 9.17) is 0 Å². The topological polar surface area (TPSA) is 0 Å². The Bertz CT molecular complexity index is 299. The van der Waals surface area contributed by atoms with Crippen molar-refractivity contribution in [3.05, 3.63) is 48.9 Å². The van der Waals surface area contributed by atoms with Crippen LogP contribution in [0.4, 0.5) is 0 Å². The van der Waals surface area contributed by atoms with Gasteiger partial charge < -0.3 is 0 Å². The Hall–Kier alpha value is 1.06. The van der Waals surface area contributed by atoms with Crippen molar-refractivity contribution in [2.24, 2.45) is 0 Å². The first-order valence-corrected chi connectivity index (χ1v) is 12.4. The standard InChI is InChI=1S/C12H16S6/c1-3-8-14-17-18-15-9-5-6-11-7-10-13-12(4-2)16-11/h3-7,10-12H,1-2,8-9H2/b6-5+. The summed E-state index contributed by atoms with van der Waals surface area (Å²) in [6.07, 6.45) is 10.7. The fourth-order valence-electron chi connectivity index (χ4n) is 1.03. The van der Waals surface area contributed by atoms with E-state index in [1.807, 2.05) is 76.9 Å². The molecule has 100 valence electrons. The third kappa shape index (κ3) is 8.27. The third-order valence-corrected chi connectivity index (χ3v) is 10.5. The predicted molar refractivity (Wildman–Crippen MR) is 102 cm³/mol. The zero-order chi connectivity index (χ0) is 13.1. The van der Waals surface area contributed by atoms with Crippen molar-refractivity contribution < 1.29 is 0 Å². The van der Waals surface area contributed by atoms with Crippen molar-refractivity contribution in [1.29, 1.82) is 0 Å². The molecule has 1 aliphatic rings. The average Bonchev–Trinajstić information content (AvgIpc) is 2.42. The second-order valence-corrected chi connectivity index (χ2v) is 11.9. The average molecular weight is 353 g/mol. The van der Waals surface area contributed by atoms with Gasteiger partial charge in [-0.05, 0) is 25.1 Å². The minimum Gasteiger partial charge on any atom is -0.131 e. The minimum atomic E-state index is 0.498. The van der Waals surface area contributed by atoms with E-state index in [1.54, 1.807) is 0 Å². The molecule has 0 bridgehead atoms. The molecule has 1 heterocycles. The van der Waals surface area contributed by atoms with Gasteiger partial charge in [-0.2, -0.15) is 0 Å². The second-order valence-electron chi connectivity index (χ2n) is 3.09. The molecule has 0 aromatic heterocycles. The molecule has 0 radical (unpaired) electrons. The first-order valence-electron chi connectivity index (χ1n) is 5.32. The van der Waals surface area contributed by atoms with E-state index in [1.165, 1.54) is 0 Å². The molecule has 18 heavy (non-hydrogen) atoms. The van der Waals surface area contributed by atoms with E-state index in [-0.39, 0.29) is 0 Å². The molecule has 2 unspecified atom stereocenters. The van der Waals surface area contributed by atoms with Gasteiger partial charge >= 0.3 is 0 Å². The Balaban J connectivity index is 2.06. The number of hydrogen-bond donors (Lipinski definition) is 0. The maximum absolute atomic E-state index is 3.84. The van der Waals surface area contributed by atoms with E-state index < -0.39 is 0 Å². The van der Waals surface area contributed by atoms with Gasteiger partial charge in [0.1, 0.15) is 0 Å². The van der Waals surface area contributed by atoms with Crippen LogP contribution in [0.1, 0.15) is 0 Å². The van der Waals surface area contributed by atoms with Crippen LogP contribution in [0.2, 0.25) is 0 Å². The molecule has 0 fully saturated rings. The monoisotopic (exact) mass is 352 g/mol. The lowest BCUT2D eigenvalue weighted by atomic mass is 10.4. The molecule has 0 saturated heterocycles. The fraction of sp³-hybridized carbons (Fsp3) is 0.333. The van der Waals surface area contributed by atoms with Crippen LogP contribution >= 0.6 is 64.8 Å². The van der Waals surface area contributed by atoms with Gasteiger partial charge in [-0.15, -0.1) is 36.7 Å². The van der Waals surface area contributed by atoms with Crippen molar-refractivity contribution in [3.63, 3.8) is 0 Å². The first-order chi connectivity index (χ1) is 8.86. The predicted octanol–water partition coefficient (Wildman–Crippen LogP) is 6.28. The highest BCUT2D eigenvalue weighted by Crippen LogP contribution is 2.43. The van der Waals surface area contributed by atoms with Crippen molar-refractivity contribution in [2.45, 2.75) is 9.83 Å². The van der Waals surface area contributed by atoms with E-state index in [0.29, 0.717) is 9.83 Å². The van der Waals surface area contributed by atoms with E-state index in [2.05, 4.69) is 36.8 Å². The molecule has 0 spiro atoms. The Kier molecular flexibility index (Phi) is 11.3. The van der Waals surface area contributed by atoms with Crippen molar-refractivity contribution in [2.75, 3.05) is 11.5 Å². The molecule has 6 heteroatoms. The van der Waals surface area contributed by atoms with Crippen LogP contribution in [0.15, 0.2) is 48.9 Å². The maximum atomic E-state index is 3.84. The lowest BCUT2D eigenvalue weighted by Gasteiger charge is -2.18. The Labute approximate surface area is 134 Å². The summed E-state index contributed by atoms with van der Waals surface area (Å²) in [5, 5.41) is 2.68. The lowest BCUT2D eigenvalue weighted by Crippen LogP contribution is -2.04. The molecule has 0 saturated carbocycles. The fourth-order valence-corrected chi connectivity index (χ4v) is 8.67. The molecule has 0 aromatic rings. The largest absolute Gasteiger partial charge is 0.131 e. The van der Waals surface area contributed by atoms with Crippen molar-refractivity contribution in [1.82, 2.24) is 0 Å². The van der Waals surface area contributed by atoms with Gasteiger partial charge in [0.15, 0.2) is 0 Å². The molecule has 0 amide bonds. The molecule has 1 aliphatic heterocycles. The maximum Gasteiger partial charge on any atom is 0.0729 e. The van der Waals surface area contributed by atoms with Crippen molar-refractivity contribution >= 4 is 64.8 Å². The molecule has 1 rings (SSSR count). The second kappa shape index (κ2) is 11.9. The van der Waals surface area contributed by atoms with Gasteiger partial charge in [0.2, 0.25) is 0 Å². The molecule has 0 aromatic carbocycles. The minimum absolute atomic E-state index is 0.498. The van der Waals surface area contributed by atoms with E-state index in [0.717, 1.165) is 11.5 Å². The summed E-state index contributed by atoms with van der Waals surface area (Å²) in [6.45, 7) is 7.54. The van der Waals surface area contributed by atoms with Crippen LogP contribution in [0.3, 0.4) is 0 Å². The van der Waals surface area contributed by atoms with Gasteiger partial charge in [0.25, 0.3) is 0 Å². The smallest absolute Gasteiger partial charge is 0.0729 e.